The van der Waals surface area contributed by atoms with E-state index in [0.717, 1.165) is 11.5 Å². The Bertz CT molecular complexity index is 409. The van der Waals surface area contributed by atoms with Crippen molar-refractivity contribution in [2.24, 2.45) is 11.5 Å². The zero-order chi connectivity index (χ0) is 11.6. The summed E-state index contributed by atoms with van der Waals surface area (Å²) >= 11 is 0. The van der Waals surface area contributed by atoms with Crippen molar-refractivity contribution in [3.8, 4) is 0 Å². The molecule has 4 nitrogen and oxygen atoms in total. The van der Waals surface area contributed by atoms with Gasteiger partial charge in [-0.15, -0.1) is 0 Å². The largest absolute Gasteiger partial charge is 0.497 e. The van der Waals surface area contributed by atoms with Gasteiger partial charge in [0.05, 0.1) is 18.9 Å². The summed E-state index contributed by atoms with van der Waals surface area (Å²) < 4.78 is 10.4. The molecule has 0 amide bonds. The lowest BCUT2D eigenvalue weighted by molar-refractivity contribution is 0.294. The molecule has 4 heteroatoms. The normalized spacial score (nSPS) is 28.9. The molecule has 86 valence electrons. The first-order valence-electron chi connectivity index (χ1n) is 5.16. The second-order valence-electron chi connectivity index (χ2n) is 4.00. The zero-order valence-corrected chi connectivity index (χ0v) is 9.22. The van der Waals surface area contributed by atoms with Crippen molar-refractivity contribution in [3.63, 3.8) is 0 Å². The number of allylic oxidation sites excluding steroid dienone is 1. The van der Waals surface area contributed by atoms with Gasteiger partial charge in [0, 0.05) is 12.5 Å². The summed E-state index contributed by atoms with van der Waals surface area (Å²) in [7, 11) is 1.61. The lowest BCUT2D eigenvalue weighted by atomic mass is 9.83. The van der Waals surface area contributed by atoms with Crippen molar-refractivity contribution >= 4 is 0 Å². The minimum Gasteiger partial charge on any atom is -0.497 e. The molecule has 0 fully saturated rings. The molecule has 0 aromatic carbocycles. The van der Waals surface area contributed by atoms with Gasteiger partial charge in [-0.25, -0.2) is 0 Å². The minimum atomic E-state index is -0.611. The van der Waals surface area contributed by atoms with Crippen LogP contribution in [0.2, 0.25) is 0 Å². The van der Waals surface area contributed by atoms with Gasteiger partial charge in [0.25, 0.3) is 0 Å². The lowest BCUT2D eigenvalue weighted by Gasteiger charge is -2.32. The molecule has 1 aromatic rings. The van der Waals surface area contributed by atoms with Crippen LogP contribution >= 0.6 is 0 Å². The molecule has 2 atom stereocenters. The molecule has 1 aliphatic carbocycles. The van der Waals surface area contributed by atoms with E-state index in [1.165, 1.54) is 0 Å². The van der Waals surface area contributed by atoms with E-state index in [0.29, 0.717) is 6.42 Å². The van der Waals surface area contributed by atoms with Crippen LogP contribution in [0, 0.1) is 0 Å². The summed E-state index contributed by atoms with van der Waals surface area (Å²) in [4.78, 5) is 0. The Morgan fingerprint density at radius 1 is 1.56 bits per heavy atom. The van der Waals surface area contributed by atoms with Crippen LogP contribution in [0.15, 0.2) is 46.8 Å². The average molecular weight is 220 g/mol. The highest BCUT2D eigenvalue weighted by atomic mass is 16.5. The number of nitrogens with two attached hydrogens (primary N) is 2. The zero-order valence-electron chi connectivity index (χ0n) is 9.22. The van der Waals surface area contributed by atoms with Gasteiger partial charge < -0.3 is 20.6 Å². The highest BCUT2D eigenvalue weighted by Gasteiger charge is 2.32. The van der Waals surface area contributed by atoms with Crippen molar-refractivity contribution in [3.05, 3.63) is 48.1 Å². The van der Waals surface area contributed by atoms with Gasteiger partial charge in [0.15, 0.2) is 0 Å². The molecular weight excluding hydrogens is 204 g/mol. The minimum absolute atomic E-state index is 0.280. The van der Waals surface area contributed by atoms with E-state index in [1.54, 1.807) is 13.4 Å². The second-order valence-corrected chi connectivity index (χ2v) is 4.00. The fourth-order valence-electron chi connectivity index (χ4n) is 1.76. The fourth-order valence-corrected chi connectivity index (χ4v) is 1.76. The predicted molar refractivity (Wildman–Crippen MR) is 61.5 cm³/mol. The van der Waals surface area contributed by atoms with E-state index in [-0.39, 0.29) is 6.04 Å². The molecule has 0 spiro atoms. The van der Waals surface area contributed by atoms with Crippen molar-refractivity contribution < 1.29 is 9.15 Å². The summed E-state index contributed by atoms with van der Waals surface area (Å²) in [5.74, 6) is 1.57. The third-order valence-electron chi connectivity index (χ3n) is 2.82. The second kappa shape index (κ2) is 4.15. The number of methoxy groups -OCH3 is 1. The van der Waals surface area contributed by atoms with Crippen LogP contribution in [0.1, 0.15) is 5.76 Å². The molecule has 0 bridgehead atoms. The molecule has 1 heterocycles. The highest BCUT2D eigenvalue weighted by molar-refractivity contribution is 5.31. The maximum atomic E-state index is 6.24. The van der Waals surface area contributed by atoms with Crippen LogP contribution < -0.4 is 11.5 Å². The van der Waals surface area contributed by atoms with Crippen LogP contribution in [0.4, 0.5) is 0 Å². The summed E-state index contributed by atoms with van der Waals surface area (Å²) in [6.45, 7) is 0. The van der Waals surface area contributed by atoms with Crippen LogP contribution in [0.3, 0.4) is 0 Å². The first kappa shape index (κ1) is 11.0. The molecule has 0 saturated carbocycles. The fraction of sp³-hybridized carbons (Fsp3) is 0.333. The van der Waals surface area contributed by atoms with E-state index in [1.807, 2.05) is 30.4 Å². The first-order chi connectivity index (χ1) is 7.64. The van der Waals surface area contributed by atoms with Gasteiger partial charge in [-0.3, -0.25) is 0 Å². The molecule has 0 radical (unpaired) electrons. The number of furan rings is 1. The number of rotatable bonds is 3. The number of hydrogen-bond acceptors (Lipinski definition) is 4. The monoisotopic (exact) mass is 220 g/mol. The Balaban J connectivity index is 2.15. The van der Waals surface area contributed by atoms with Crippen molar-refractivity contribution in [2.75, 3.05) is 7.11 Å². The standard InChI is InChI=1S/C12H16N2O2/c1-15-9-4-5-12(14,11(13)7-9)8-10-3-2-6-16-10/h2-7,11H,8,13-14H2,1H3. The van der Waals surface area contributed by atoms with E-state index >= 15 is 0 Å². The van der Waals surface area contributed by atoms with E-state index in [4.69, 9.17) is 20.6 Å². The molecule has 1 aliphatic rings. The topological polar surface area (TPSA) is 74.4 Å². The molecular formula is C12H16N2O2. The molecule has 2 rings (SSSR count). The summed E-state index contributed by atoms with van der Waals surface area (Å²) in [6.07, 6.45) is 7.74. The number of hydrogen-bond donors (Lipinski definition) is 2. The van der Waals surface area contributed by atoms with Crippen LogP contribution in [0.25, 0.3) is 0 Å². The SMILES string of the molecule is COC1=CC(N)C(N)(Cc2ccco2)C=C1. The average Bonchev–Trinajstić information content (AvgIpc) is 2.75. The van der Waals surface area contributed by atoms with Gasteiger partial charge in [0.1, 0.15) is 11.5 Å². The Labute approximate surface area is 94.6 Å². The van der Waals surface area contributed by atoms with Gasteiger partial charge in [-0.05, 0) is 24.3 Å². The Hall–Kier alpha value is -1.52. The summed E-state index contributed by atoms with van der Waals surface area (Å²) in [6, 6.07) is 3.45. The van der Waals surface area contributed by atoms with Crippen LogP contribution in [-0.2, 0) is 11.2 Å². The van der Waals surface area contributed by atoms with E-state index in [2.05, 4.69) is 0 Å². The summed E-state index contributed by atoms with van der Waals surface area (Å²) in [5, 5.41) is 0. The van der Waals surface area contributed by atoms with Gasteiger partial charge in [0.2, 0.25) is 0 Å². The summed E-state index contributed by atoms with van der Waals surface area (Å²) in [5.41, 5.74) is 11.6. The smallest absolute Gasteiger partial charge is 0.116 e. The first-order valence-corrected chi connectivity index (χ1v) is 5.16. The van der Waals surface area contributed by atoms with Gasteiger partial charge in [-0.1, -0.05) is 6.08 Å². The molecule has 4 N–H and O–H groups in total. The highest BCUT2D eigenvalue weighted by Crippen LogP contribution is 2.22. The van der Waals surface area contributed by atoms with E-state index in [9.17, 15) is 0 Å². The van der Waals surface area contributed by atoms with Crippen molar-refractivity contribution in [1.82, 2.24) is 0 Å². The maximum Gasteiger partial charge on any atom is 0.116 e. The van der Waals surface area contributed by atoms with E-state index < -0.39 is 5.54 Å². The van der Waals surface area contributed by atoms with Crippen LogP contribution in [-0.4, -0.2) is 18.7 Å². The Morgan fingerprint density at radius 3 is 2.94 bits per heavy atom. The maximum absolute atomic E-state index is 6.24. The van der Waals surface area contributed by atoms with Gasteiger partial charge in [-0.2, -0.15) is 0 Å². The molecule has 2 unspecified atom stereocenters. The van der Waals surface area contributed by atoms with Crippen LogP contribution in [0.5, 0.6) is 0 Å². The molecule has 0 aliphatic heterocycles. The molecule has 1 aromatic heterocycles. The predicted octanol–water partition coefficient (Wildman–Crippen LogP) is 0.947. The quantitative estimate of drug-likeness (QED) is 0.795. The van der Waals surface area contributed by atoms with Crippen molar-refractivity contribution in [2.45, 2.75) is 18.0 Å². The number of ether oxygens (including phenoxy) is 1. The molecule has 0 saturated heterocycles. The van der Waals surface area contributed by atoms with Gasteiger partial charge >= 0.3 is 0 Å². The third-order valence-corrected chi connectivity index (χ3v) is 2.82. The lowest BCUT2D eigenvalue weighted by Crippen LogP contribution is -2.55. The molecule has 16 heavy (non-hydrogen) atoms. The Kier molecular flexibility index (Phi) is 2.85. The third kappa shape index (κ3) is 2.03. The Morgan fingerprint density at radius 2 is 2.38 bits per heavy atom. The van der Waals surface area contributed by atoms with Crippen molar-refractivity contribution in [1.29, 1.82) is 0 Å².